The molecule has 0 bridgehead atoms. The summed E-state index contributed by atoms with van der Waals surface area (Å²) in [7, 11) is -2.86. The summed E-state index contributed by atoms with van der Waals surface area (Å²) in [5, 5.41) is 2.71. The van der Waals surface area contributed by atoms with E-state index in [-0.39, 0.29) is 23.5 Å². The lowest BCUT2D eigenvalue weighted by atomic mass is 10.1. The first-order valence-electron chi connectivity index (χ1n) is 12.3. The van der Waals surface area contributed by atoms with Gasteiger partial charge < -0.3 is 15.0 Å². The fourth-order valence-corrected chi connectivity index (χ4v) is 5.42. The van der Waals surface area contributed by atoms with E-state index >= 15 is 0 Å². The maximum atomic E-state index is 13.8. The third-order valence-corrected chi connectivity index (χ3v) is 7.83. The van der Waals surface area contributed by atoms with Gasteiger partial charge in [0.05, 0.1) is 17.7 Å². The number of carbonyl (C=O) groups excluding carboxylic acids is 2. The molecule has 0 saturated carbocycles. The van der Waals surface area contributed by atoms with Gasteiger partial charge in [-0.15, -0.1) is 0 Å². The van der Waals surface area contributed by atoms with E-state index in [1.807, 2.05) is 0 Å². The number of sulfonamides is 1. The Hall–Kier alpha value is -3.99. The highest BCUT2D eigenvalue weighted by Gasteiger charge is 2.33. The largest absolute Gasteiger partial charge is 0.497 e. The topological polar surface area (TPSA) is 96.0 Å². The number of halogens is 2. The number of hydrogen-bond donors (Lipinski definition) is 1. The maximum absolute atomic E-state index is 13.8. The Labute approximate surface area is 227 Å². The molecule has 1 atom stereocenters. The predicted molar refractivity (Wildman–Crippen MR) is 144 cm³/mol. The van der Waals surface area contributed by atoms with E-state index < -0.39 is 46.1 Å². The van der Waals surface area contributed by atoms with Crippen molar-refractivity contribution in [3.8, 4) is 5.75 Å². The minimum absolute atomic E-state index is 0.0609. The number of carbonyl (C=O) groups is 2. The molecule has 0 aliphatic heterocycles. The highest BCUT2D eigenvalue weighted by Crippen LogP contribution is 2.26. The number of nitrogens with one attached hydrogen (secondary N) is 1. The molecule has 3 aromatic carbocycles. The predicted octanol–water partition coefficient (Wildman–Crippen LogP) is 4.11. The molecule has 11 heteroatoms. The Kier molecular flexibility index (Phi) is 10.00. The number of hydrogen-bond acceptors (Lipinski definition) is 5. The molecular weight excluding hydrogens is 528 g/mol. The van der Waals surface area contributed by atoms with Gasteiger partial charge in [0, 0.05) is 13.1 Å². The summed E-state index contributed by atoms with van der Waals surface area (Å²) >= 11 is 0. The van der Waals surface area contributed by atoms with Crippen LogP contribution in [0.5, 0.6) is 5.75 Å². The summed E-state index contributed by atoms with van der Waals surface area (Å²) in [4.78, 5) is 27.9. The molecule has 0 aliphatic rings. The smallest absolute Gasteiger partial charge is 0.264 e. The second kappa shape index (κ2) is 13.2. The van der Waals surface area contributed by atoms with Crippen molar-refractivity contribution in [2.24, 2.45) is 0 Å². The zero-order valence-corrected chi connectivity index (χ0v) is 22.8. The van der Waals surface area contributed by atoms with Crippen LogP contribution < -0.4 is 14.4 Å². The number of rotatable bonds is 12. The van der Waals surface area contributed by atoms with E-state index in [1.165, 1.54) is 72.7 Å². The Bertz CT molecular complexity index is 1370. The minimum atomic E-state index is -4.30. The molecule has 0 aromatic heterocycles. The Morgan fingerprint density at radius 2 is 1.46 bits per heavy atom. The van der Waals surface area contributed by atoms with Crippen molar-refractivity contribution in [3.63, 3.8) is 0 Å². The van der Waals surface area contributed by atoms with Crippen LogP contribution in [0.2, 0.25) is 0 Å². The second-order valence-corrected chi connectivity index (χ2v) is 10.5. The van der Waals surface area contributed by atoms with Crippen LogP contribution in [0.1, 0.15) is 25.8 Å². The molecule has 0 heterocycles. The van der Waals surface area contributed by atoms with Crippen molar-refractivity contribution in [1.29, 1.82) is 0 Å². The summed E-state index contributed by atoms with van der Waals surface area (Å²) < 4.78 is 60.7. The number of nitrogens with zero attached hydrogens (tertiary/aromatic N) is 2. The molecule has 39 heavy (non-hydrogen) atoms. The molecule has 1 unspecified atom stereocenters. The third kappa shape index (κ3) is 7.32. The van der Waals surface area contributed by atoms with Gasteiger partial charge in [0.25, 0.3) is 10.0 Å². The quantitative estimate of drug-likeness (QED) is 0.360. The molecule has 1 N–H and O–H groups in total. The van der Waals surface area contributed by atoms with Crippen molar-refractivity contribution in [2.75, 3.05) is 24.5 Å². The van der Waals surface area contributed by atoms with Crippen molar-refractivity contribution >= 4 is 27.5 Å². The molecule has 2 amide bonds. The van der Waals surface area contributed by atoms with Crippen LogP contribution >= 0.6 is 0 Å². The van der Waals surface area contributed by atoms with E-state index in [9.17, 15) is 26.8 Å². The van der Waals surface area contributed by atoms with Crippen molar-refractivity contribution < 1.29 is 31.5 Å². The SMILES string of the molecule is CCNC(=O)C(CC)N(Cc1ccc(F)cc1)C(=O)CN(c1ccc(F)cc1)S(=O)(=O)c1ccc(OC)cc1. The van der Waals surface area contributed by atoms with Gasteiger partial charge in [-0.25, -0.2) is 17.2 Å². The number of benzene rings is 3. The zero-order valence-electron chi connectivity index (χ0n) is 21.9. The van der Waals surface area contributed by atoms with E-state index in [2.05, 4.69) is 5.32 Å². The van der Waals surface area contributed by atoms with Crippen LogP contribution in [0.25, 0.3) is 0 Å². The van der Waals surface area contributed by atoms with Crippen LogP contribution in [-0.4, -0.2) is 51.4 Å². The van der Waals surface area contributed by atoms with Gasteiger partial charge >= 0.3 is 0 Å². The van der Waals surface area contributed by atoms with Crippen LogP contribution in [-0.2, 0) is 26.2 Å². The van der Waals surface area contributed by atoms with Gasteiger partial charge in [-0.3, -0.25) is 13.9 Å². The molecule has 8 nitrogen and oxygen atoms in total. The Morgan fingerprint density at radius 3 is 1.97 bits per heavy atom. The molecule has 0 spiro atoms. The highest BCUT2D eigenvalue weighted by molar-refractivity contribution is 7.92. The maximum Gasteiger partial charge on any atom is 0.264 e. The van der Waals surface area contributed by atoms with Crippen LogP contribution in [0.4, 0.5) is 14.5 Å². The number of amides is 2. The molecular formula is C28H31F2N3O5S. The monoisotopic (exact) mass is 559 g/mol. The van der Waals surface area contributed by atoms with E-state index in [0.29, 0.717) is 17.9 Å². The van der Waals surface area contributed by atoms with Crippen molar-refractivity contribution in [2.45, 2.75) is 37.8 Å². The van der Waals surface area contributed by atoms with Crippen LogP contribution in [0, 0.1) is 11.6 Å². The van der Waals surface area contributed by atoms with Gasteiger partial charge in [0.2, 0.25) is 11.8 Å². The van der Waals surface area contributed by atoms with Gasteiger partial charge in [-0.2, -0.15) is 0 Å². The summed E-state index contributed by atoms with van der Waals surface area (Å²) in [5.74, 6) is -1.66. The summed E-state index contributed by atoms with van der Waals surface area (Å²) in [5.41, 5.74) is 0.618. The van der Waals surface area contributed by atoms with E-state index in [1.54, 1.807) is 13.8 Å². The number of methoxy groups -OCH3 is 1. The Balaban J connectivity index is 2.04. The van der Waals surface area contributed by atoms with E-state index in [0.717, 1.165) is 16.4 Å². The normalized spacial score (nSPS) is 11.9. The lowest BCUT2D eigenvalue weighted by molar-refractivity contribution is -0.140. The van der Waals surface area contributed by atoms with Crippen molar-refractivity contribution in [1.82, 2.24) is 10.2 Å². The van der Waals surface area contributed by atoms with Gasteiger partial charge in [0.1, 0.15) is 30.0 Å². The third-order valence-electron chi connectivity index (χ3n) is 6.04. The zero-order chi connectivity index (χ0) is 28.6. The Morgan fingerprint density at radius 1 is 0.897 bits per heavy atom. The first-order valence-corrected chi connectivity index (χ1v) is 13.8. The molecule has 3 rings (SSSR count). The first kappa shape index (κ1) is 29.6. The van der Waals surface area contributed by atoms with Gasteiger partial charge in [-0.05, 0) is 79.6 Å². The number of likely N-dealkylation sites (N-methyl/N-ethyl adjacent to an activating group) is 1. The highest BCUT2D eigenvalue weighted by atomic mass is 32.2. The summed E-state index contributed by atoms with van der Waals surface area (Å²) in [6.07, 6.45) is 0.251. The molecule has 0 aliphatic carbocycles. The molecule has 0 saturated heterocycles. The molecule has 0 fully saturated rings. The fraction of sp³-hybridized carbons (Fsp3) is 0.286. The molecule has 3 aromatic rings. The van der Waals surface area contributed by atoms with Crippen LogP contribution in [0.3, 0.4) is 0 Å². The lowest BCUT2D eigenvalue weighted by Gasteiger charge is -2.33. The minimum Gasteiger partial charge on any atom is -0.497 e. The van der Waals surface area contributed by atoms with Crippen molar-refractivity contribution in [3.05, 3.63) is 90.0 Å². The molecule has 208 valence electrons. The average molecular weight is 560 g/mol. The van der Waals surface area contributed by atoms with Gasteiger partial charge in [-0.1, -0.05) is 19.1 Å². The second-order valence-electron chi connectivity index (χ2n) is 8.63. The summed E-state index contributed by atoms with van der Waals surface area (Å²) in [6.45, 7) is 3.08. The first-order chi connectivity index (χ1) is 18.6. The van der Waals surface area contributed by atoms with Gasteiger partial charge in [0.15, 0.2) is 0 Å². The standard InChI is InChI=1S/C28H31F2N3O5S/c1-4-26(28(35)31-5-2)32(18-20-6-8-21(29)9-7-20)27(34)19-33(23-12-10-22(30)11-13-23)39(36,37)25-16-14-24(38-3)15-17-25/h6-17,26H,4-5,18-19H2,1-3H3,(H,31,35). The number of anilines is 1. The lowest BCUT2D eigenvalue weighted by Crippen LogP contribution is -2.52. The summed E-state index contributed by atoms with van der Waals surface area (Å²) in [6, 6.07) is 14.9. The molecule has 0 radical (unpaired) electrons. The van der Waals surface area contributed by atoms with Crippen LogP contribution in [0.15, 0.2) is 77.7 Å². The van der Waals surface area contributed by atoms with E-state index in [4.69, 9.17) is 4.74 Å². The number of ether oxygens (including phenoxy) is 1. The average Bonchev–Trinajstić information content (AvgIpc) is 2.93. The fourth-order valence-electron chi connectivity index (χ4n) is 4.01.